The fourth-order valence-corrected chi connectivity index (χ4v) is 2.44. The second-order valence-corrected chi connectivity index (χ2v) is 5.20. The van der Waals surface area contributed by atoms with E-state index in [9.17, 15) is 13.2 Å². The van der Waals surface area contributed by atoms with E-state index in [0.717, 1.165) is 34.4 Å². The minimum absolute atomic E-state index is 0.118. The van der Waals surface area contributed by atoms with Gasteiger partial charge in [0, 0.05) is 0 Å². The first-order chi connectivity index (χ1) is 9.82. The molecule has 1 unspecified atom stereocenters. The molecule has 2 aromatic carbocycles. The molecule has 0 aliphatic rings. The molecule has 0 bridgehead atoms. The maximum atomic E-state index is 12.6. The zero-order chi connectivity index (χ0) is 15.6. The number of rotatable bonds is 3. The molecule has 0 saturated carbocycles. The van der Waals surface area contributed by atoms with Crippen molar-refractivity contribution in [1.29, 1.82) is 0 Å². The van der Waals surface area contributed by atoms with E-state index >= 15 is 0 Å². The lowest BCUT2D eigenvalue weighted by Gasteiger charge is -2.20. The average Bonchev–Trinajstić information content (AvgIpc) is 2.43. The molecule has 2 aromatic rings. The number of hydrogen-bond donors (Lipinski definition) is 1. The topological polar surface area (TPSA) is 12.0 Å². The summed E-state index contributed by atoms with van der Waals surface area (Å²) in [5, 5.41) is 3.18. The van der Waals surface area contributed by atoms with E-state index in [1.54, 1.807) is 0 Å². The Morgan fingerprint density at radius 1 is 0.952 bits per heavy atom. The fourth-order valence-electron chi connectivity index (χ4n) is 2.44. The van der Waals surface area contributed by atoms with Crippen LogP contribution in [0.4, 0.5) is 13.2 Å². The van der Waals surface area contributed by atoms with Crippen LogP contribution in [0.2, 0.25) is 0 Å². The molecule has 0 spiro atoms. The summed E-state index contributed by atoms with van der Waals surface area (Å²) in [6, 6.07) is 11.3. The minimum atomic E-state index is -4.30. The Hall–Kier alpha value is -1.81. The molecule has 0 aliphatic heterocycles. The van der Waals surface area contributed by atoms with Crippen molar-refractivity contribution in [2.24, 2.45) is 0 Å². The van der Waals surface area contributed by atoms with Crippen LogP contribution >= 0.6 is 0 Å². The van der Waals surface area contributed by atoms with Crippen molar-refractivity contribution in [2.45, 2.75) is 26.1 Å². The van der Waals surface area contributed by atoms with Gasteiger partial charge in [-0.05, 0) is 49.7 Å². The maximum absolute atomic E-state index is 12.6. The second-order valence-electron chi connectivity index (χ2n) is 5.20. The molecule has 0 amide bonds. The van der Waals surface area contributed by atoms with Gasteiger partial charge in [-0.25, -0.2) is 0 Å². The molecule has 1 atom stereocenters. The third-order valence-corrected chi connectivity index (χ3v) is 3.61. The first-order valence-electron chi connectivity index (χ1n) is 6.74. The van der Waals surface area contributed by atoms with Crippen molar-refractivity contribution in [3.8, 4) is 0 Å². The second kappa shape index (κ2) is 5.90. The molecule has 0 fully saturated rings. The zero-order valence-corrected chi connectivity index (χ0v) is 12.3. The van der Waals surface area contributed by atoms with Crippen molar-refractivity contribution in [2.75, 3.05) is 7.05 Å². The summed E-state index contributed by atoms with van der Waals surface area (Å²) >= 11 is 0. The summed E-state index contributed by atoms with van der Waals surface area (Å²) in [6.07, 6.45) is -4.30. The van der Waals surface area contributed by atoms with E-state index in [1.807, 2.05) is 33.0 Å². The summed E-state index contributed by atoms with van der Waals surface area (Å²) in [5.41, 5.74) is 3.51. The van der Waals surface area contributed by atoms with Crippen LogP contribution in [0.1, 0.15) is 33.9 Å². The highest BCUT2D eigenvalue weighted by Gasteiger charge is 2.30. The van der Waals surface area contributed by atoms with Crippen LogP contribution < -0.4 is 5.32 Å². The van der Waals surface area contributed by atoms with Crippen LogP contribution in [0, 0.1) is 13.8 Å². The SMILES string of the molecule is CNC(c1ccc(C(F)(F)F)cc1)c1cc(C)ccc1C. The van der Waals surface area contributed by atoms with E-state index in [-0.39, 0.29) is 6.04 Å². The lowest BCUT2D eigenvalue weighted by Crippen LogP contribution is -2.19. The lowest BCUT2D eigenvalue weighted by molar-refractivity contribution is -0.137. The monoisotopic (exact) mass is 293 g/mol. The fraction of sp³-hybridized carbons (Fsp3) is 0.294. The van der Waals surface area contributed by atoms with Gasteiger partial charge in [-0.1, -0.05) is 35.9 Å². The number of aryl methyl sites for hydroxylation is 2. The van der Waals surface area contributed by atoms with Gasteiger partial charge in [-0.3, -0.25) is 0 Å². The molecule has 0 radical (unpaired) electrons. The molecule has 1 N–H and O–H groups in total. The molecular formula is C17H18F3N. The maximum Gasteiger partial charge on any atom is 0.416 e. The number of hydrogen-bond acceptors (Lipinski definition) is 1. The molecule has 0 saturated heterocycles. The molecule has 0 heterocycles. The van der Waals surface area contributed by atoms with Gasteiger partial charge in [0.05, 0.1) is 11.6 Å². The van der Waals surface area contributed by atoms with Crippen LogP contribution in [0.25, 0.3) is 0 Å². The van der Waals surface area contributed by atoms with Gasteiger partial charge in [-0.15, -0.1) is 0 Å². The molecule has 0 aliphatic carbocycles. The Kier molecular flexibility index (Phi) is 4.37. The summed E-state index contributed by atoms with van der Waals surface area (Å²) in [7, 11) is 1.81. The van der Waals surface area contributed by atoms with Crippen LogP contribution in [0.15, 0.2) is 42.5 Å². The highest BCUT2D eigenvalue weighted by Crippen LogP contribution is 2.31. The molecule has 112 valence electrons. The number of benzene rings is 2. The number of halogens is 3. The molecule has 21 heavy (non-hydrogen) atoms. The highest BCUT2D eigenvalue weighted by atomic mass is 19.4. The largest absolute Gasteiger partial charge is 0.416 e. The summed E-state index contributed by atoms with van der Waals surface area (Å²) in [5.74, 6) is 0. The molecule has 2 rings (SSSR count). The minimum Gasteiger partial charge on any atom is -0.309 e. The van der Waals surface area contributed by atoms with Gasteiger partial charge in [0.1, 0.15) is 0 Å². The van der Waals surface area contributed by atoms with Gasteiger partial charge in [-0.2, -0.15) is 13.2 Å². The Morgan fingerprint density at radius 3 is 2.10 bits per heavy atom. The smallest absolute Gasteiger partial charge is 0.309 e. The van der Waals surface area contributed by atoms with Crippen molar-refractivity contribution in [3.63, 3.8) is 0 Å². The first kappa shape index (κ1) is 15.6. The van der Waals surface area contributed by atoms with Crippen LogP contribution in [-0.2, 0) is 6.18 Å². The van der Waals surface area contributed by atoms with E-state index in [2.05, 4.69) is 11.4 Å². The lowest BCUT2D eigenvalue weighted by atomic mass is 9.93. The third-order valence-electron chi connectivity index (χ3n) is 3.61. The zero-order valence-electron chi connectivity index (χ0n) is 12.3. The standard InChI is InChI=1S/C17H18F3N/c1-11-4-5-12(2)15(10-11)16(21-3)13-6-8-14(9-7-13)17(18,19)20/h4-10,16,21H,1-3H3. The van der Waals surface area contributed by atoms with Gasteiger partial charge < -0.3 is 5.32 Å². The Balaban J connectivity index is 2.40. The van der Waals surface area contributed by atoms with Crippen molar-refractivity contribution in [3.05, 3.63) is 70.3 Å². The van der Waals surface area contributed by atoms with Crippen molar-refractivity contribution < 1.29 is 13.2 Å². The number of alkyl halides is 3. The third kappa shape index (κ3) is 3.45. The average molecular weight is 293 g/mol. The van der Waals surface area contributed by atoms with Gasteiger partial charge in [0.15, 0.2) is 0 Å². The van der Waals surface area contributed by atoms with Gasteiger partial charge >= 0.3 is 6.18 Å². The Morgan fingerprint density at radius 2 is 1.57 bits per heavy atom. The van der Waals surface area contributed by atoms with Crippen molar-refractivity contribution in [1.82, 2.24) is 5.32 Å². The van der Waals surface area contributed by atoms with E-state index in [0.29, 0.717) is 0 Å². The molecule has 1 nitrogen and oxygen atoms in total. The quantitative estimate of drug-likeness (QED) is 0.870. The van der Waals surface area contributed by atoms with Crippen molar-refractivity contribution >= 4 is 0 Å². The Labute approximate surface area is 122 Å². The van der Waals surface area contributed by atoms with Gasteiger partial charge in [0.25, 0.3) is 0 Å². The summed E-state index contributed by atoms with van der Waals surface area (Å²) < 4.78 is 37.9. The molecule has 4 heteroatoms. The Bertz CT molecular complexity index is 615. The van der Waals surface area contributed by atoms with Crippen LogP contribution in [0.5, 0.6) is 0 Å². The molecular weight excluding hydrogens is 275 g/mol. The first-order valence-corrected chi connectivity index (χ1v) is 6.74. The van der Waals surface area contributed by atoms with Gasteiger partial charge in [0.2, 0.25) is 0 Å². The highest BCUT2D eigenvalue weighted by molar-refractivity contribution is 5.40. The summed E-state index contributed by atoms with van der Waals surface area (Å²) in [4.78, 5) is 0. The predicted octanol–water partition coefficient (Wildman–Crippen LogP) is 4.63. The normalized spacial score (nSPS) is 13.2. The van der Waals surface area contributed by atoms with Crippen LogP contribution in [-0.4, -0.2) is 7.05 Å². The van der Waals surface area contributed by atoms with E-state index in [4.69, 9.17) is 0 Å². The van der Waals surface area contributed by atoms with E-state index in [1.165, 1.54) is 12.1 Å². The summed E-state index contributed by atoms with van der Waals surface area (Å²) in [6.45, 7) is 4.01. The van der Waals surface area contributed by atoms with E-state index < -0.39 is 11.7 Å². The molecule has 0 aromatic heterocycles. The van der Waals surface area contributed by atoms with Crippen LogP contribution in [0.3, 0.4) is 0 Å². The number of nitrogens with one attached hydrogen (secondary N) is 1. The predicted molar refractivity (Wildman–Crippen MR) is 78.3 cm³/mol.